The molecule has 0 unspecified atom stereocenters. The van der Waals surface area contributed by atoms with E-state index in [1.54, 1.807) is 6.92 Å². The van der Waals surface area contributed by atoms with Crippen LogP contribution in [-0.2, 0) is 11.2 Å². The molecule has 3 N–H and O–H groups in total. The Kier molecular flexibility index (Phi) is 4.42. The number of nitrogens with zero attached hydrogens (tertiary/aromatic N) is 2. The Hall–Kier alpha value is -2.57. The first-order valence-corrected chi connectivity index (χ1v) is 6.33. The average molecular weight is 292 g/mol. The molecule has 0 aliphatic carbocycles. The Morgan fingerprint density at radius 3 is 2.52 bits per heavy atom. The van der Waals surface area contributed by atoms with Crippen LogP contribution in [0.1, 0.15) is 24.2 Å². The Morgan fingerprint density at radius 1 is 1.29 bits per heavy atom. The average Bonchev–Trinajstić information content (AvgIpc) is 2.47. The Balaban J connectivity index is 2.33. The summed E-state index contributed by atoms with van der Waals surface area (Å²) in [6, 6.07) is 4.18. The number of rotatable bonds is 5. The van der Waals surface area contributed by atoms with Crippen molar-refractivity contribution in [3.8, 4) is 0 Å². The minimum Gasteiger partial charge on any atom is -0.368 e. The second-order valence-electron chi connectivity index (χ2n) is 4.37. The topological polar surface area (TPSA) is 80.9 Å². The molecule has 21 heavy (non-hydrogen) atoms. The maximum absolute atomic E-state index is 14.1. The monoisotopic (exact) mass is 292 g/mol. The number of carbonyl (C=O) groups is 1. The molecule has 0 radical (unpaired) electrons. The van der Waals surface area contributed by atoms with Crippen molar-refractivity contribution in [2.24, 2.45) is 5.73 Å². The normalized spacial score (nSPS) is 12.0. The van der Waals surface area contributed by atoms with E-state index in [0.717, 1.165) is 0 Å². The van der Waals surface area contributed by atoms with E-state index in [0.29, 0.717) is 12.0 Å². The molecule has 1 aromatic carbocycles. The summed E-state index contributed by atoms with van der Waals surface area (Å²) in [5, 5.41) is 2.63. The van der Waals surface area contributed by atoms with Crippen molar-refractivity contribution in [3.05, 3.63) is 53.5 Å². The fourth-order valence-corrected chi connectivity index (χ4v) is 1.86. The predicted octanol–water partition coefficient (Wildman–Crippen LogP) is 1.96. The van der Waals surface area contributed by atoms with Crippen LogP contribution in [-0.4, -0.2) is 15.9 Å². The standard InChI is InChI=1S/C14H14F2N4O/c1-2-10-11(16)14(19-7-18-10)20-12(13(17)21)8-3-5-9(15)6-4-8/h3-7,12H,2H2,1H3,(H2,17,21)(H,18,19,20)/t12-/m1/s1. The smallest absolute Gasteiger partial charge is 0.244 e. The molecule has 110 valence electrons. The van der Waals surface area contributed by atoms with Gasteiger partial charge in [-0.3, -0.25) is 4.79 Å². The zero-order valence-electron chi connectivity index (χ0n) is 11.3. The summed E-state index contributed by atoms with van der Waals surface area (Å²) in [6.45, 7) is 1.75. The van der Waals surface area contributed by atoms with Gasteiger partial charge in [0.15, 0.2) is 11.6 Å². The van der Waals surface area contributed by atoms with Crippen LogP contribution in [0.5, 0.6) is 0 Å². The summed E-state index contributed by atoms with van der Waals surface area (Å²) in [7, 11) is 0. The quantitative estimate of drug-likeness (QED) is 0.882. The SMILES string of the molecule is CCc1ncnc(N[C@@H](C(N)=O)c2ccc(F)cc2)c1F. The molecule has 7 heteroatoms. The third kappa shape index (κ3) is 3.31. The Morgan fingerprint density at radius 2 is 1.95 bits per heavy atom. The highest BCUT2D eigenvalue weighted by Gasteiger charge is 2.21. The minimum absolute atomic E-state index is 0.116. The molecule has 1 amide bonds. The number of hydrogen-bond acceptors (Lipinski definition) is 4. The van der Waals surface area contributed by atoms with E-state index in [1.807, 2.05) is 0 Å². The fraction of sp³-hybridized carbons (Fsp3) is 0.214. The van der Waals surface area contributed by atoms with Crippen molar-refractivity contribution in [1.29, 1.82) is 0 Å². The predicted molar refractivity (Wildman–Crippen MR) is 73.3 cm³/mol. The Bertz CT molecular complexity index is 646. The van der Waals surface area contributed by atoms with Gasteiger partial charge in [-0.15, -0.1) is 0 Å². The number of primary amides is 1. The molecule has 0 fully saturated rings. The fourth-order valence-electron chi connectivity index (χ4n) is 1.86. The highest BCUT2D eigenvalue weighted by Crippen LogP contribution is 2.21. The zero-order chi connectivity index (χ0) is 15.4. The molecule has 1 heterocycles. The molecule has 5 nitrogen and oxygen atoms in total. The number of aryl methyl sites for hydroxylation is 1. The van der Waals surface area contributed by atoms with Gasteiger partial charge in [0.1, 0.15) is 18.2 Å². The highest BCUT2D eigenvalue weighted by atomic mass is 19.1. The molecule has 0 bridgehead atoms. The summed E-state index contributed by atoms with van der Waals surface area (Å²) in [5.41, 5.74) is 5.96. The van der Waals surface area contributed by atoms with Crippen LogP contribution in [0.25, 0.3) is 0 Å². The van der Waals surface area contributed by atoms with Crippen LogP contribution in [0.3, 0.4) is 0 Å². The molecule has 0 saturated carbocycles. The second-order valence-corrected chi connectivity index (χ2v) is 4.37. The van der Waals surface area contributed by atoms with Crippen molar-refractivity contribution in [3.63, 3.8) is 0 Å². The van der Waals surface area contributed by atoms with Gasteiger partial charge in [0.25, 0.3) is 0 Å². The number of benzene rings is 1. The van der Waals surface area contributed by atoms with E-state index < -0.39 is 23.6 Å². The lowest BCUT2D eigenvalue weighted by molar-refractivity contribution is -0.118. The lowest BCUT2D eigenvalue weighted by atomic mass is 10.1. The van der Waals surface area contributed by atoms with Gasteiger partial charge in [-0.1, -0.05) is 19.1 Å². The van der Waals surface area contributed by atoms with Gasteiger partial charge in [0, 0.05) is 0 Å². The maximum Gasteiger partial charge on any atom is 0.244 e. The van der Waals surface area contributed by atoms with E-state index in [1.165, 1.54) is 30.6 Å². The molecule has 1 atom stereocenters. The molecule has 2 aromatic rings. The van der Waals surface area contributed by atoms with Gasteiger partial charge in [0.2, 0.25) is 5.91 Å². The van der Waals surface area contributed by atoms with E-state index in [4.69, 9.17) is 5.73 Å². The third-order valence-corrected chi connectivity index (χ3v) is 2.97. The van der Waals surface area contributed by atoms with Crippen LogP contribution in [0.15, 0.2) is 30.6 Å². The summed E-state index contributed by atoms with van der Waals surface area (Å²) >= 11 is 0. The molecule has 0 aliphatic heterocycles. The van der Waals surface area contributed by atoms with Gasteiger partial charge in [0.05, 0.1) is 5.69 Å². The number of hydrogen-bond donors (Lipinski definition) is 2. The molecule has 0 saturated heterocycles. The molecular formula is C14H14F2N4O. The van der Waals surface area contributed by atoms with E-state index in [2.05, 4.69) is 15.3 Å². The van der Waals surface area contributed by atoms with Gasteiger partial charge >= 0.3 is 0 Å². The van der Waals surface area contributed by atoms with Crippen molar-refractivity contribution >= 4 is 11.7 Å². The molecular weight excluding hydrogens is 278 g/mol. The number of amides is 1. The van der Waals surface area contributed by atoms with Crippen LogP contribution < -0.4 is 11.1 Å². The molecule has 0 aliphatic rings. The van der Waals surface area contributed by atoms with E-state index >= 15 is 0 Å². The van der Waals surface area contributed by atoms with Gasteiger partial charge in [-0.05, 0) is 24.1 Å². The van der Waals surface area contributed by atoms with Gasteiger partial charge < -0.3 is 11.1 Å². The third-order valence-electron chi connectivity index (χ3n) is 2.97. The number of carbonyl (C=O) groups excluding carboxylic acids is 1. The second kappa shape index (κ2) is 6.25. The number of halogens is 2. The van der Waals surface area contributed by atoms with Crippen LogP contribution in [0, 0.1) is 11.6 Å². The lowest BCUT2D eigenvalue weighted by Gasteiger charge is -2.17. The van der Waals surface area contributed by atoms with Crippen molar-refractivity contribution in [1.82, 2.24) is 9.97 Å². The van der Waals surface area contributed by atoms with E-state index in [9.17, 15) is 13.6 Å². The number of nitrogens with one attached hydrogen (secondary N) is 1. The van der Waals surface area contributed by atoms with Crippen molar-refractivity contribution < 1.29 is 13.6 Å². The molecule has 0 spiro atoms. The van der Waals surface area contributed by atoms with Crippen LogP contribution >= 0.6 is 0 Å². The summed E-state index contributed by atoms with van der Waals surface area (Å²) in [6.07, 6.45) is 1.59. The summed E-state index contributed by atoms with van der Waals surface area (Å²) in [4.78, 5) is 19.1. The van der Waals surface area contributed by atoms with E-state index in [-0.39, 0.29) is 11.5 Å². The largest absolute Gasteiger partial charge is 0.368 e. The molecule has 2 rings (SSSR count). The van der Waals surface area contributed by atoms with Crippen LogP contribution in [0.2, 0.25) is 0 Å². The number of aromatic nitrogens is 2. The van der Waals surface area contributed by atoms with Crippen LogP contribution in [0.4, 0.5) is 14.6 Å². The highest BCUT2D eigenvalue weighted by molar-refractivity contribution is 5.84. The van der Waals surface area contributed by atoms with Crippen molar-refractivity contribution in [2.75, 3.05) is 5.32 Å². The summed E-state index contributed by atoms with van der Waals surface area (Å²) < 4.78 is 27.0. The zero-order valence-corrected chi connectivity index (χ0v) is 11.3. The Labute approximate surface area is 120 Å². The minimum atomic E-state index is -1.01. The molecule has 1 aromatic heterocycles. The van der Waals surface area contributed by atoms with Crippen molar-refractivity contribution in [2.45, 2.75) is 19.4 Å². The maximum atomic E-state index is 14.1. The lowest BCUT2D eigenvalue weighted by Crippen LogP contribution is -2.28. The van der Waals surface area contributed by atoms with Gasteiger partial charge in [-0.2, -0.15) is 0 Å². The number of nitrogens with two attached hydrogens (primary N) is 1. The van der Waals surface area contributed by atoms with Gasteiger partial charge in [-0.25, -0.2) is 18.7 Å². The first kappa shape index (κ1) is 14.8. The summed E-state index contributed by atoms with van der Waals surface area (Å²) in [5.74, 6) is -1.91. The number of anilines is 1. The first-order chi connectivity index (χ1) is 10.0. The first-order valence-electron chi connectivity index (χ1n) is 6.33.